The maximum absolute atomic E-state index is 13.1. The van der Waals surface area contributed by atoms with E-state index in [-0.39, 0.29) is 17.6 Å². The van der Waals surface area contributed by atoms with Crippen LogP contribution >= 0.6 is 11.8 Å². The molecule has 2 aromatic carbocycles. The molecule has 3 rings (SSSR count). The van der Waals surface area contributed by atoms with Crippen LogP contribution in [0.15, 0.2) is 41.3 Å². The van der Waals surface area contributed by atoms with E-state index in [1.165, 1.54) is 4.90 Å². The summed E-state index contributed by atoms with van der Waals surface area (Å²) in [6, 6.07) is 12.2. The van der Waals surface area contributed by atoms with Gasteiger partial charge in [-0.05, 0) is 68.3 Å². The Morgan fingerprint density at radius 2 is 1.74 bits per heavy atom. The van der Waals surface area contributed by atoms with Gasteiger partial charge in [-0.2, -0.15) is 0 Å². The monoisotopic (exact) mass is 441 g/mol. The van der Waals surface area contributed by atoms with Crippen molar-refractivity contribution in [1.29, 1.82) is 0 Å². The number of carbonyl (C=O) groups is 2. The number of hydrogen-bond donors (Lipinski definition) is 2. The van der Waals surface area contributed by atoms with E-state index in [0.29, 0.717) is 18.7 Å². The molecule has 166 valence electrons. The molecule has 1 fully saturated rings. The number of nitrogens with one attached hydrogen (secondary N) is 1. The highest BCUT2D eigenvalue weighted by Gasteiger charge is 2.35. The molecule has 2 aromatic rings. The molecule has 2 atom stereocenters. The smallest absolute Gasteiger partial charge is 0.347 e. The number of aryl methyl sites for hydroxylation is 2. The molecule has 0 aromatic heterocycles. The van der Waals surface area contributed by atoms with E-state index < -0.39 is 11.6 Å². The molecule has 0 aliphatic carbocycles. The van der Waals surface area contributed by atoms with Gasteiger partial charge in [0.2, 0.25) is 0 Å². The van der Waals surface area contributed by atoms with Gasteiger partial charge in [-0.1, -0.05) is 24.3 Å². The van der Waals surface area contributed by atoms with Crippen LogP contribution < -0.4 is 10.1 Å². The highest BCUT2D eigenvalue weighted by atomic mass is 32.2. The Hall–Kier alpha value is -2.31. The number of rotatable bonds is 8. The third kappa shape index (κ3) is 5.31. The fourth-order valence-corrected chi connectivity index (χ4v) is 4.51. The first kappa shape index (κ1) is 23.4. The largest absolute Gasteiger partial charge is 0.478 e. The highest BCUT2D eigenvalue weighted by Crippen LogP contribution is 2.35. The minimum absolute atomic E-state index is 0.0822. The highest BCUT2D eigenvalue weighted by molar-refractivity contribution is 7.98. The van der Waals surface area contributed by atoms with Gasteiger partial charge in [0.05, 0.1) is 0 Å². The van der Waals surface area contributed by atoms with Crippen LogP contribution in [0.25, 0.3) is 0 Å². The van der Waals surface area contributed by atoms with Crippen molar-refractivity contribution in [2.75, 3.05) is 19.3 Å². The number of benzene rings is 2. The molecule has 1 saturated heterocycles. The van der Waals surface area contributed by atoms with Crippen LogP contribution in [0.5, 0.6) is 5.75 Å². The molecule has 1 heterocycles. The lowest BCUT2D eigenvalue weighted by Crippen LogP contribution is -2.38. The number of thioether (sulfide) groups is 1. The van der Waals surface area contributed by atoms with E-state index in [1.54, 1.807) is 25.6 Å². The summed E-state index contributed by atoms with van der Waals surface area (Å²) in [6.07, 6.45) is 2.47. The molecule has 0 bridgehead atoms. The second-order valence-electron chi connectivity index (χ2n) is 8.76. The molecule has 31 heavy (non-hydrogen) atoms. The number of ether oxygens (including phenoxy) is 1. The molecule has 0 spiro atoms. The van der Waals surface area contributed by atoms with Crippen LogP contribution in [0.4, 0.5) is 0 Å². The predicted octanol–water partition coefficient (Wildman–Crippen LogP) is 4.38. The van der Waals surface area contributed by atoms with Crippen LogP contribution in [-0.2, 0) is 16.0 Å². The zero-order chi connectivity index (χ0) is 22.8. The molecule has 0 amide bonds. The van der Waals surface area contributed by atoms with Crippen molar-refractivity contribution in [2.24, 2.45) is 5.92 Å². The topological polar surface area (TPSA) is 75.6 Å². The van der Waals surface area contributed by atoms with Crippen LogP contribution in [-0.4, -0.2) is 41.8 Å². The fourth-order valence-electron chi connectivity index (χ4n) is 4.10. The van der Waals surface area contributed by atoms with E-state index >= 15 is 0 Å². The van der Waals surface area contributed by atoms with Gasteiger partial charge < -0.3 is 15.2 Å². The summed E-state index contributed by atoms with van der Waals surface area (Å²) in [5, 5.41) is 12.8. The molecule has 6 heteroatoms. The summed E-state index contributed by atoms with van der Waals surface area (Å²) in [5.41, 5.74) is 2.60. The Morgan fingerprint density at radius 3 is 2.29 bits per heavy atom. The Labute approximate surface area is 188 Å². The summed E-state index contributed by atoms with van der Waals surface area (Å²) in [7, 11) is 0. The standard InChI is InChI=1S/C25H31NO4S/c1-15-10-18(11-16(2)23(15)30-25(3,4)24(28)29)20-13-26-14-21(20)22(27)12-17-6-8-19(31-5)9-7-17/h6-11,20-21,26H,12-14H2,1-5H3,(H,28,29)/t20-,21+/m0/s1. The van der Waals surface area contributed by atoms with Crippen molar-refractivity contribution in [3.8, 4) is 5.75 Å². The third-order valence-corrected chi connectivity index (χ3v) is 6.69. The lowest BCUT2D eigenvalue weighted by molar-refractivity contribution is -0.152. The SMILES string of the molecule is CSc1ccc(CC(=O)[C@@H]2CNC[C@H]2c2cc(C)c(OC(C)(C)C(=O)O)c(C)c2)cc1. The van der Waals surface area contributed by atoms with Gasteiger partial charge in [0.15, 0.2) is 5.60 Å². The Kier molecular flexibility index (Phi) is 7.12. The molecule has 2 N–H and O–H groups in total. The van der Waals surface area contributed by atoms with Gasteiger partial charge in [0.25, 0.3) is 0 Å². The minimum atomic E-state index is -1.31. The molecule has 0 radical (unpaired) electrons. The van der Waals surface area contributed by atoms with Gasteiger partial charge in [-0.15, -0.1) is 11.8 Å². The maximum atomic E-state index is 13.1. The number of carboxylic acid groups (broad SMARTS) is 1. The fraction of sp³-hybridized carbons (Fsp3) is 0.440. The Bertz CT molecular complexity index is 945. The molecule has 1 aliphatic heterocycles. The summed E-state index contributed by atoms with van der Waals surface area (Å²) in [5.74, 6) is -0.154. The summed E-state index contributed by atoms with van der Waals surface area (Å²) in [6.45, 7) is 8.37. The second kappa shape index (κ2) is 9.45. The summed E-state index contributed by atoms with van der Waals surface area (Å²) >= 11 is 1.69. The molecule has 0 saturated carbocycles. The average molecular weight is 442 g/mol. The van der Waals surface area contributed by atoms with E-state index in [1.807, 2.05) is 44.4 Å². The van der Waals surface area contributed by atoms with Crippen LogP contribution in [0.3, 0.4) is 0 Å². The van der Waals surface area contributed by atoms with Crippen molar-refractivity contribution in [3.05, 3.63) is 58.7 Å². The van der Waals surface area contributed by atoms with Crippen molar-refractivity contribution < 1.29 is 19.4 Å². The number of carbonyl (C=O) groups excluding carboxylic acids is 1. The van der Waals surface area contributed by atoms with Crippen molar-refractivity contribution in [1.82, 2.24) is 5.32 Å². The van der Waals surface area contributed by atoms with E-state index in [9.17, 15) is 14.7 Å². The molecular formula is C25H31NO4S. The molecule has 0 unspecified atom stereocenters. The van der Waals surface area contributed by atoms with Crippen LogP contribution in [0.1, 0.15) is 42.0 Å². The summed E-state index contributed by atoms with van der Waals surface area (Å²) < 4.78 is 5.83. The lowest BCUT2D eigenvalue weighted by Gasteiger charge is -2.26. The number of Topliss-reactive ketones (excluding diaryl/α,β-unsaturated/α-hetero) is 1. The van der Waals surface area contributed by atoms with Gasteiger partial charge >= 0.3 is 5.97 Å². The van der Waals surface area contributed by atoms with E-state index in [0.717, 1.165) is 28.8 Å². The molecule has 5 nitrogen and oxygen atoms in total. The normalized spacial score (nSPS) is 18.7. The number of ketones is 1. The van der Waals surface area contributed by atoms with Gasteiger partial charge in [-0.3, -0.25) is 4.79 Å². The number of hydrogen-bond acceptors (Lipinski definition) is 5. The Morgan fingerprint density at radius 1 is 1.13 bits per heavy atom. The third-order valence-electron chi connectivity index (χ3n) is 5.95. The zero-order valence-electron chi connectivity index (χ0n) is 18.8. The lowest BCUT2D eigenvalue weighted by atomic mass is 9.83. The Balaban J connectivity index is 1.79. The predicted molar refractivity (Wildman–Crippen MR) is 124 cm³/mol. The first-order valence-corrected chi connectivity index (χ1v) is 11.7. The second-order valence-corrected chi connectivity index (χ2v) is 9.64. The molecule has 1 aliphatic rings. The van der Waals surface area contributed by atoms with Crippen molar-refractivity contribution >= 4 is 23.5 Å². The minimum Gasteiger partial charge on any atom is -0.478 e. The van der Waals surface area contributed by atoms with Crippen molar-refractivity contribution in [3.63, 3.8) is 0 Å². The quantitative estimate of drug-likeness (QED) is 0.592. The number of aliphatic carboxylic acids is 1. The van der Waals surface area contributed by atoms with Crippen LogP contribution in [0.2, 0.25) is 0 Å². The molecular weight excluding hydrogens is 410 g/mol. The first-order chi connectivity index (χ1) is 14.6. The zero-order valence-corrected chi connectivity index (χ0v) is 19.6. The van der Waals surface area contributed by atoms with Gasteiger partial charge in [-0.25, -0.2) is 4.79 Å². The first-order valence-electron chi connectivity index (χ1n) is 10.5. The van der Waals surface area contributed by atoms with Crippen molar-refractivity contribution in [2.45, 2.75) is 50.5 Å². The maximum Gasteiger partial charge on any atom is 0.347 e. The van der Waals surface area contributed by atoms with Gasteiger partial charge in [0, 0.05) is 36.2 Å². The van der Waals surface area contributed by atoms with Crippen LogP contribution in [0, 0.1) is 19.8 Å². The summed E-state index contributed by atoms with van der Waals surface area (Å²) in [4.78, 5) is 25.8. The van der Waals surface area contributed by atoms with Gasteiger partial charge in [0.1, 0.15) is 11.5 Å². The van der Waals surface area contributed by atoms with E-state index in [2.05, 4.69) is 17.4 Å². The number of carboxylic acids is 1. The van der Waals surface area contributed by atoms with E-state index in [4.69, 9.17) is 4.74 Å². The average Bonchev–Trinajstić information content (AvgIpc) is 3.21.